The lowest BCUT2D eigenvalue weighted by atomic mass is 10.1. The molecule has 1 aromatic heterocycles. The van der Waals surface area contributed by atoms with Crippen LogP contribution in [0, 0.1) is 5.82 Å². The molecule has 0 aliphatic carbocycles. The number of aryl methyl sites for hydroxylation is 1. The maximum atomic E-state index is 13.1. The van der Waals surface area contributed by atoms with Gasteiger partial charge >= 0.3 is 0 Å². The molecule has 2 aromatic rings. The lowest BCUT2D eigenvalue weighted by molar-refractivity contribution is -0.131. The molecular weight excluding hydrogens is 331 g/mol. The van der Waals surface area contributed by atoms with Crippen molar-refractivity contribution < 1.29 is 9.18 Å². The van der Waals surface area contributed by atoms with Crippen LogP contribution >= 0.6 is 0 Å². The second-order valence-electron chi connectivity index (χ2n) is 7.31. The summed E-state index contributed by atoms with van der Waals surface area (Å²) in [5, 5.41) is 0. The van der Waals surface area contributed by atoms with Crippen LogP contribution in [0.5, 0.6) is 0 Å². The highest BCUT2D eigenvalue weighted by Gasteiger charge is 2.23. The highest BCUT2D eigenvalue weighted by molar-refractivity contribution is 5.78. The van der Waals surface area contributed by atoms with Crippen molar-refractivity contribution in [1.82, 2.24) is 19.4 Å². The van der Waals surface area contributed by atoms with Crippen LogP contribution in [0.15, 0.2) is 30.6 Å². The third kappa shape index (κ3) is 4.30. The molecular formula is C20H27FN4O. The first-order valence-electron chi connectivity index (χ1n) is 9.19. The van der Waals surface area contributed by atoms with E-state index in [1.807, 2.05) is 11.2 Å². The van der Waals surface area contributed by atoms with Crippen LogP contribution in [0.2, 0.25) is 0 Å². The van der Waals surface area contributed by atoms with E-state index in [0.717, 1.165) is 43.0 Å². The van der Waals surface area contributed by atoms with Crippen molar-refractivity contribution in [2.45, 2.75) is 52.4 Å². The van der Waals surface area contributed by atoms with Gasteiger partial charge < -0.3 is 9.47 Å². The van der Waals surface area contributed by atoms with Crippen LogP contribution < -0.4 is 0 Å². The highest BCUT2D eigenvalue weighted by atomic mass is 19.1. The molecule has 0 saturated carbocycles. The minimum Gasteiger partial charge on any atom is -0.336 e. The van der Waals surface area contributed by atoms with Crippen molar-refractivity contribution in [1.29, 1.82) is 0 Å². The van der Waals surface area contributed by atoms with E-state index < -0.39 is 0 Å². The van der Waals surface area contributed by atoms with Crippen LogP contribution in [0.3, 0.4) is 0 Å². The van der Waals surface area contributed by atoms with Crippen molar-refractivity contribution >= 4 is 5.91 Å². The zero-order valence-corrected chi connectivity index (χ0v) is 15.8. The first kappa shape index (κ1) is 18.6. The summed E-state index contributed by atoms with van der Waals surface area (Å²) in [4.78, 5) is 21.5. The van der Waals surface area contributed by atoms with Gasteiger partial charge in [0.1, 0.15) is 5.82 Å². The van der Waals surface area contributed by atoms with Gasteiger partial charge in [-0.05, 0) is 45.0 Å². The van der Waals surface area contributed by atoms with Gasteiger partial charge in [-0.15, -0.1) is 0 Å². The number of imidazole rings is 1. The van der Waals surface area contributed by atoms with Crippen molar-refractivity contribution in [2.24, 2.45) is 0 Å². The fourth-order valence-corrected chi connectivity index (χ4v) is 3.17. The van der Waals surface area contributed by atoms with Gasteiger partial charge in [-0.1, -0.05) is 12.1 Å². The lowest BCUT2D eigenvalue weighted by Gasteiger charge is -2.23. The fraction of sp³-hybridized carbons (Fsp3) is 0.500. The fourth-order valence-electron chi connectivity index (χ4n) is 3.17. The van der Waals surface area contributed by atoms with Crippen LogP contribution in [-0.4, -0.2) is 44.9 Å². The molecule has 0 fully saturated rings. The van der Waals surface area contributed by atoms with Gasteiger partial charge in [0, 0.05) is 25.7 Å². The Hall–Kier alpha value is -2.21. The number of hydrogen-bond acceptors (Lipinski definition) is 3. The molecule has 1 aliphatic rings. The maximum Gasteiger partial charge on any atom is 0.227 e. The Morgan fingerprint density at radius 1 is 1.27 bits per heavy atom. The SMILES string of the molecule is CC(C)N(C)Cc1ncn2c1CN(C(=O)Cc1ccc(F)cc1)CCC2. The number of benzene rings is 1. The van der Waals surface area contributed by atoms with E-state index in [0.29, 0.717) is 19.0 Å². The number of carbonyl (C=O) groups is 1. The molecule has 0 spiro atoms. The van der Waals surface area contributed by atoms with E-state index in [1.54, 1.807) is 12.1 Å². The number of carbonyl (C=O) groups excluding carboxylic acids is 1. The second-order valence-corrected chi connectivity index (χ2v) is 7.31. The van der Waals surface area contributed by atoms with Gasteiger partial charge in [0.25, 0.3) is 0 Å². The zero-order chi connectivity index (χ0) is 18.7. The molecule has 1 aromatic carbocycles. The molecule has 0 radical (unpaired) electrons. The molecule has 0 atom stereocenters. The summed E-state index contributed by atoms with van der Waals surface area (Å²) in [5.41, 5.74) is 3.01. The molecule has 26 heavy (non-hydrogen) atoms. The first-order valence-corrected chi connectivity index (χ1v) is 9.19. The van der Waals surface area contributed by atoms with E-state index in [2.05, 4.69) is 35.3 Å². The van der Waals surface area contributed by atoms with Gasteiger partial charge in [-0.3, -0.25) is 9.69 Å². The van der Waals surface area contributed by atoms with Crippen molar-refractivity contribution in [3.63, 3.8) is 0 Å². The molecule has 0 N–H and O–H groups in total. The third-order valence-electron chi connectivity index (χ3n) is 5.10. The van der Waals surface area contributed by atoms with Crippen LogP contribution in [-0.2, 0) is 30.8 Å². The number of rotatable bonds is 5. The normalized spacial score (nSPS) is 14.6. The van der Waals surface area contributed by atoms with Gasteiger partial charge in [-0.25, -0.2) is 9.37 Å². The highest BCUT2D eigenvalue weighted by Crippen LogP contribution is 2.19. The summed E-state index contributed by atoms with van der Waals surface area (Å²) in [7, 11) is 2.09. The smallest absolute Gasteiger partial charge is 0.227 e. The summed E-state index contributed by atoms with van der Waals surface area (Å²) < 4.78 is 15.2. The first-order chi connectivity index (χ1) is 12.4. The minimum atomic E-state index is -0.279. The molecule has 0 bridgehead atoms. The summed E-state index contributed by atoms with van der Waals surface area (Å²) in [6, 6.07) is 6.60. The molecule has 0 saturated heterocycles. The number of halogens is 1. The Morgan fingerprint density at radius 2 is 2.00 bits per heavy atom. The second kappa shape index (κ2) is 7.99. The quantitative estimate of drug-likeness (QED) is 0.825. The van der Waals surface area contributed by atoms with Crippen LogP contribution in [0.25, 0.3) is 0 Å². The molecule has 2 heterocycles. The number of aromatic nitrogens is 2. The summed E-state index contributed by atoms with van der Waals surface area (Å²) in [6.07, 6.45) is 3.11. The lowest BCUT2D eigenvalue weighted by Crippen LogP contribution is -2.33. The molecule has 1 amide bonds. The molecule has 140 valence electrons. The van der Waals surface area contributed by atoms with Crippen molar-refractivity contribution in [2.75, 3.05) is 13.6 Å². The number of amides is 1. The molecule has 6 heteroatoms. The van der Waals surface area contributed by atoms with Crippen LogP contribution in [0.1, 0.15) is 37.2 Å². The van der Waals surface area contributed by atoms with Gasteiger partial charge in [0.05, 0.1) is 30.7 Å². The largest absolute Gasteiger partial charge is 0.336 e. The predicted octanol–water partition coefficient (Wildman–Crippen LogP) is 2.84. The molecule has 3 rings (SSSR count). The van der Waals surface area contributed by atoms with Crippen molar-refractivity contribution in [3.8, 4) is 0 Å². The van der Waals surface area contributed by atoms with Gasteiger partial charge in [-0.2, -0.15) is 0 Å². The van der Waals surface area contributed by atoms with E-state index in [9.17, 15) is 9.18 Å². The average Bonchev–Trinajstić information content (AvgIpc) is 2.85. The van der Waals surface area contributed by atoms with E-state index >= 15 is 0 Å². The van der Waals surface area contributed by atoms with Crippen LogP contribution in [0.4, 0.5) is 4.39 Å². The van der Waals surface area contributed by atoms with Crippen molar-refractivity contribution in [3.05, 3.63) is 53.4 Å². The number of hydrogen-bond donors (Lipinski definition) is 0. The Labute approximate surface area is 154 Å². The maximum absolute atomic E-state index is 13.1. The third-order valence-corrected chi connectivity index (χ3v) is 5.10. The van der Waals surface area contributed by atoms with Gasteiger partial charge in [0.2, 0.25) is 5.91 Å². The zero-order valence-electron chi connectivity index (χ0n) is 15.8. The molecule has 5 nitrogen and oxygen atoms in total. The summed E-state index contributed by atoms with van der Waals surface area (Å²) in [5.74, 6) is -0.201. The standard InChI is InChI=1S/C20H27FN4O/c1-15(2)23(3)12-18-19-13-24(9-4-10-25(19)14-22-18)20(26)11-16-5-7-17(21)8-6-16/h5-8,14-15H,4,9-13H2,1-3H3. The molecule has 0 unspecified atom stereocenters. The van der Waals surface area contributed by atoms with E-state index in [1.165, 1.54) is 12.1 Å². The average molecular weight is 358 g/mol. The number of fused-ring (bicyclic) bond motifs is 1. The topological polar surface area (TPSA) is 41.4 Å². The Morgan fingerprint density at radius 3 is 2.69 bits per heavy atom. The predicted molar refractivity (Wildman–Crippen MR) is 99.0 cm³/mol. The minimum absolute atomic E-state index is 0.0782. The van der Waals surface area contributed by atoms with E-state index in [4.69, 9.17) is 0 Å². The van der Waals surface area contributed by atoms with Gasteiger partial charge in [0.15, 0.2) is 0 Å². The Kier molecular flexibility index (Phi) is 5.71. The summed E-state index contributed by atoms with van der Waals surface area (Å²) in [6.45, 7) is 7.30. The summed E-state index contributed by atoms with van der Waals surface area (Å²) >= 11 is 0. The Balaban J connectivity index is 1.72. The Bertz CT molecular complexity index is 754. The molecule has 1 aliphatic heterocycles. The number of nitrogens with zero attached hydrogens (tertiary/aromatic N) is 4. The van der Waals surface area contributed by atoms with E-state index in [-0.39, 0.29) is 11.7 Å². The monoisotopic (exact) mass is 358 g/mol.